The largest absolute Gasteiger partial charge is 0.350 e. The molecule has 7 nitrogen and oxygen atoms in total. The fourth-order valence-corrected chi connectivity index (χ4v) is 4.61. The lowest BCUT2D eigenvalue weighted by molar-refractivity contribution is -0.152. The van der Waals surface area contributed by atoms with Gasteiger partial charge in [0.25, 0.3) is 0 Å². The van der Waals surface area contributed by atoms with Crippen molar-refractivity contribution < 1.29 is 18.0 Å². The summed E-state index contributed by atoms with van der Waals surface area (Å²) in [5, 5.41) is 3.45. The predicted octanol–water partition coefficient (Wildman–Crippen LogP) is 2.06. The number of hydrogen-bond donors (Lipinski definition) is 1. The SMILES string of the molecule is C[C@]1(C(=O)NCc2ccc(Cl)cc2)CN(S(C)(=O)=O)CC(=O)N1CCc1ccccc1. The van der Waals surface area contributed by atoms with Gasteiger partial charge in [-0.2, -0.15) is 4.31 Å². The number of carbonyl (C=O) groups excluding carboxylic acids is 2. The van der Waals surface area contributed by atoms with Gasteiger partial charge in [-0.25, -0.2) is 8.42 Å². The normalized spacial score (nSPS) is 20.0. The second-order valence-electron chi connectivity index (χ2n) is 7.90. The van der Waals surface area contributed by atoms with Crippen molar-refractivity contribution >= 4 is 33.4 Å². The number of amides is 2. The molecule has 166 valence electrons. The highest BCUT2D eigenvalue weighted by Gasteiger charge is 2.49. The van der Waals surface area contributed by atoms with E-state index >= 15 is 0 Å². The Labute approximate surface area is 188 Å². The Morgan fingerprint density at radius 1 is 1.10 bits per heavy atom. The van der Waals surface area contributed by atoms with Crippen molar-refractivity contribution in [1.82, 2.24) is 14.5 Å². The van der Waals surface area contributed by atoms with Crippen LogP contribution in [0.25, 0.3) is 0 Å². The zero-order chi connectivity index (χ0) is 22.6. The van der Waals surface area contributed by atoms with E-state index in [1.807, 2.05) is 30.3 Å². The van der Waals surface area contributed by atoms with Crippen molar-refractivity contribution in [1.29, 1.82) is 0 Å². The molecule has 2 aromatic rings. The van der Waals surface area contributed by atoms with Crippen LogP contribution in [0.2, 0.25) is 5.02 Å². The van der Waals surface area contributed by atoms with Crippen molar-refractivity contribution in [3.63, 3.8) is 0 Å². The Morgan fingerprint density at radius 3 is 2.35 bits per heavy atom. The van der Waals surface area contributed by atoms with Crippen LogP contribution < -0.4 is 5.32 Å². The first-order chi connectivity index (χ1) is 14.6. The number of nitrogens with zero attached hydrogens (tertiary/aromatic N) is 2. The first kappa shape index (κ1) is 23.2. The van der Waals surface area contributed by atoms with Gasteiger partial charge in [-0.3, -0.25) is 9.59 Å². The molecule has 1 fully saturated rings. The van der Waals surface area contributed by atoms with E-state index in [-0.39, 0.29) is 19.6 Å². The van der Waals surface area contributed by atoms with Crippen molar-refractivity contribution in [2.45, 2.75) is 25.4 Å². The molecule has 0 aromatic heterocycles. The number of hydrogen-bond acceptors (Lipinski definition) is 4. The average Bonchev–Trinajstić information content (AvgIpc) is 2.72. The first-order valence-corrected chi connectivity index (χ1v) is 12.1. The van der Waals surface area contributed by atoms with Crippen molar-refractivity contribution in [3.05, 3.63) is 70.7 Å². The lowest BCUT2D eigenvalue weighted by Crippen LogP contribution is -2.69. The van der Waals surface area contributed by atoms with Crippen LogP contribution in [0, 0.1) is 0 Å². The zero-order valence-electron chi connectivity index (χ0n) is 17.5. The number of sulfonamides is 1. The van der Waals surface area contributed by atoms with Gasteiger partial charge in [-0.05, 0) is 36.6 Å². The summed E-state index contributed by atoms with van der Waals surface area (Å²) in [5.41, 5.74) is 0.545. The number of benzene rings is 2. The fraction of sp³-hybridized carbons (Fsp3) is 0.364. The lowest BCUT2D eigenvalue weighted by atomic mass is 9.94. The summed E-state index contributed by atoms with van der Waals surface area (Å²) in [4.78, 5) is 27.7. The quantitative estimate of drug-likeness (QED) is 0.681. The van der Waals surface area contributed by atoms with Gasteiger partial charge < -0.3 is 10.2 Å². The van der Waals surface area contributed by atoms with Crippen molar-refractivity contribution in [2.24, 2.45) is 0 Å². The van der Waals surface area contributed by atoms with Crippen LogP contribution >= 0.6 is 11.6 Å². The molecule has 1 N–H and O–H groups in total. The van der Waals surface area contributed by atoms with Gasteiger partial charge in [0, 0.05) is 24.7 Å². The average molecular weight is 464 g/mol. The summed E-state index contributed by atoms with van der Waals surface area (Å²) in [6, 6.07) is 16.7. The summed E-state index contributed by atoms with van der Waals surface area (Å²) in [6.07, 6.45) is 1.61. The molecule has 1 aliphatic rings. The second kappa shape index (κ2) is 9.38. The highest BCUT2D eigenvalue weighted by molar-refractivity contribution is 7.88. The summed E-state index contributed by atoms with van der Waals surface area (Å²) in [5.74, 6) is -0.797. The van der Waals surface area contributed by atoms with E-state index in [0.717, 1.165) is 21.7 Å². The summed E-state index contributed by atoms with van der Waals surface area (Å²) in [6.45, 7) is 1.80. The van der Waals surface area contributed by atoms with Crippen LogP contribution in [-0.4, -0.2) is 60.9 Å². The molecule has 2 aromatic carbocycles. The summed E-state index contributed by atoms with van der Waals surface area (Å²) in [7, 11) is -3.63. The smallest absolute Gasteiger partial charge is 0.247 e. The van der Waals surface area contributed by atoms with Gasteiger partial charge in [0.2, 0.25) is 21.8 Å². The highest BCUT2D eigenvalue weighted by Crippen LogP contribution is 2.25. The van der Waals surface area contributed by atoms with E-state index in [0.29, 0.717) is 18.0 Å². The maximum Gasteiger partial charge on any atom is 0.247 e. The minimum Gasteiger partial charge on any atom is -0.350 e. The molecule has 0 radical (unpaired) electrons. The topological polar surface area (TPSA) is 86.8 Å². The van der Waals surface area contributed by atoms with Crippen LogP contribution in [0.1, 0.15) is 18.1 Å². The summed E-state index contributed by atoms with van der Waals surface area (Å²) >= 11 is 5.90. The van der Waals surface area contributed by atoms with Gasteiger partial charge in [-0.1, -0.05) is 54.1 Å². The van der Waals surface area contributed by atoms with E-state index < -0.39 is 27.4 Å². The Balaban J connectivity index is 1.81. The van der Waals surface area contributed by atoms with Gasteiger partial charge in [0.1, 0.15) is 5.54 Å². The second-order valence-corrected chi connectivity index (χ2v) is 10.3. The maximum absolute atomic E-state index is 13.2. The molecule has 3 rings (SSSR count). The molecule has 1 saturated heterocycles. The van der Waals surface area contributed by atoms with E-state index in [2.05, 4.69) is 5.32 Å². The molecule has 9 heteroatoms. The first-order valence-electron chi connectivity index (χ1n) is 9.92. The molecule has 0 aliphatic carbocycles. The van der Waals surface area contributed by atoms with Crippen LogP contribution in [-0.2, 0) is 32.6 Å². The van der Waals surface area contributed by atoms with Crippen LogP contribution in [0.4, 0.5) is 0 Å². The zero-order valence-corrected chi connectivity index (χ0v) is 19.1. The third-order valence-electron chi connectivity index (χ3n) is 5.48. The van der Waals surface area contributed by atoms with Gasteiger partial charge >= 0.3 is 0 Å². The Hall–Kier alpha value is -2.42. The molecular formula is C22H26ClN3O4S. The molecule has 0 saturated carbocycles. The third kappa shape index (κ3) is 5.64. The monoisotopic (exact) mass is 463 g/mol. The highest BCUT2D eigenvalue weighted by atomic mass is 35.5. The van der Waals surface area contributed by atoms with Gasteiger partial charge in [-0.15, -0.1) is 0 Å². The van der Waals surface area contributed by atoms with Crippen molar-refractivity contribution in [3.8, 4) is 0 Å². The Bertz CT molecular complexity index is 1040. The van der Waals surface area contributed by atoms with Crippen LogP contribution in [0.3, 0.4) is 0 Å². The number of carbonyl (C=O) groups is 2. The molecule has 1 heterocycles. The lowest BCUT2D eigenvalue weighted by Gasteiger charge is -2.46. The van der Waals surface area contributed by atoms with Crippen LogP contribution in [0.5, 0.6) is 0 Å². The number of nitrogens with one attached hydrogen (secondary N) is 1. The number of halogens is 1. The Morgan fingerprint density at radius 2 is 1.74 bits per heavy atom. The minimum atomic E-state index is -3.63. The molecule has 1 atom stereocenters. The standard InChI is InChI=1S/C22H26ClN3O4S/c1-22(21(28)24-14-18-8-10-19(23)11-9-18)16-25(31(2,29)30)15-20(27)26(22)13-12-17-6-4-3-5-7-17/h3-11H,12-16H2,1-2H3,(H,24,28)/t22-/m1/s1. The molecule has 2 amide bonds. The molecule has 0 bridgehead atoms. The molecule has 0 spiro atoms. The Kier molecular flexibility index (Phi) is 7.03. The number of rotatable bonds is 7. The molecule has 31 heavy (non-hydrogen) atoms. The van der Waals surface area contributed by atoms with E-state index in [1.165, 1.54) is 4.90 Å². The summed E-state index contributed by atoms with van der Waals surface area (Å²) < 4.78 is 25.4. The molecule has 0 unspecified atom stereocenters. The molecular weight excluding hydrogens is 438 g/mol. The van der Waals surface area contributed by atoms with Crippen LogP contribution in [0.15, 0.2) is 54.6 Å². The predicted molar refractivity (Wildman–Crippen MR) is 120 cm³/mol. The van der Waals surface area contributed by atoms with Gasteiger partial charge in [0.15, 0.2) is 0 Å². The van der Waals surface area contributed by atoms with E-state index in [1.54, 1.807) is 31.2 Å². The third-order valence-corrected chi connectivity index (χ3v) is 6.93. The van der Waals surface area contributed by atoms with Crippen molar-refractivity contribution in [2.75, 3.05) is 25.9 Å². The maximum atomic E-state index is 13.2. The minimum absolute atomic E-state index is 0.0984. The van der Waals surface area contributed by atoms with E-state index in [9.17, 15) is 18.0 Å². The molecule has 1 aliphatic heterocycles. The fourth-order valence-electron chi connectivity index (χ4n) is 3.66. The van der Waals surface area contributed by atoms with Gasteiger partial charge in [0.05, 0.1) is 12.8 Å². The van der Waals surface area contributed by atoms with E-state index in [4.69, 9.17) is 11.6 Å². The number of piperazine rings is 1.